The summed E-state index contributed by atoms with van der Waals surface area (Å²) < 4.78 is 4.47. The van der Waals surface area contributed by atoms with Crippen LogP contribution in [-0.2, 0) is 0 Å². The van der Waals surface area contributed by atoms with Gasteiger partial charge in [0.2, 0.25) is 3.79 Å². The third-order valence-electron chi connectivity index (χ3n) is 3.39. The summed E-state index contributed by atoms with van der Waals surface area (Å²) in [6.45, 7) is 2.49. The topological polar surface area (TPSA) is 62.4 Å². The van der Waals surface area contributed by atoms with E-state index < -0.39 is 15.9 Å². The van der Waals surface area contributed by atoms with E-state index in [0.29, 0.717) is 17.9 Å². The smallest absolute Gasteiger partial charge is 0.253 e. The van der Waals surface area contributed by atoms with Crippen molar-refractivity contribution in [3.8, 4) is 5.75 Å². The van der Waals surface area contributed by atoms with Gasteiger partial charge in [-0.1, -0.05) is 40.9 Å². The lowest BCUT2D eigenvalue weighted by Crippen LogP contribution is -2.56. The van der Waals surface area contributed by atoms with E-state index in [2.05, 4.69) is 38.5 Å². The van der Waals surface area contributed by atoms with Crippen LogP contribution in [0.2, 0.25) is 0 Å². The van der Waals surface area contributed by atoms with Gasteiger partial charge in [0.05, 0.1) is 6.61 Å². The Morgan fingerprint density at radius 1 is 1.18 bits per heavy atom. The number of hydrogen-bond donors (Lipinski definition) is 3. The number of amides is 1. The number of halogens is 4. The average molecular weight is 573 g/mol. The zero-order valence-electron chi connectivity index (χ0n) is 14.6. The number of carbonyl (C=O) groups is 1. The van der Waals surface area contributed by atoms with Crippen LogP contribution in [0.4, 0.5) is 5.69 Å². The summed E-state index contributed by atoms with van der Waals surface area (Å²) in [7, 11) is 0. The van der Waals surface area contributed by atoms with E-state index in [1.807, 2.05) is 13.0 Å². The summed E-state index contributed by atoms with van der Waals surface area (Å²) in [6, 6.07) is 14.2. The summed E-state index contributed by atoms with van der Waals surface area (Å²) in [4.78, 5) is 12.5. The van der Waals surface area contributed by atoms with Crippen molar-refractivity contribution in [1.82, 2.24) is 10.6 Å². The van der Waals surface area contributed by atoms with Crippen LogP contribution in [0, 0.1) is 3.57 Å². The number of hydrogen-bond acceptors (Lipinski definition) is 3. The first-order chi connectivity index (χ1) is 13.2. The first kappa shape index (κ1) is 23.3. The molecule has 0 aliphatic carbocycles. The molecule has 2 aromatic rings. The number of benzene rings is 2. The number of anilines is 1. The maximum atomic E-state index is 12.5. The Morgan fingerprint density at radius 3 is 2.43 bits per heavy atom. The quantitative estimate of drug-likeness (QED) is 0.195. The molecular weight excluding hydrogens is 556 g/mol. The minimum absolute atomic E-state index is 0.184. The van der Waals surface area contributed by atoms with Crippen molar-refractivity contribution in [1.29, 1.82) is 0 Å². The summed E-state index contributed by atoms with van der Waals surface area (Å²) in [6.07, 6.45) is -1.05. The fraction of sp³-hybridized carbons (Fsp3) is 0.222. The van der Waals surface area contributed by atoms with Crippen molar-refractivity contribution in [2.45, 2.75) is 16.9 Å². The van der Waals surface area contributed by atoms with Crippen molar-refractivity contribution in [3.63, 3.8) is 0 Å². The van der Waals surface area contributed by atoms with Gasteiger partial charge in [0.1, 0.15) is 11.9 Å². The number of thiocarbonyl (C=S) groups is 1. The van der Waals surface area contributed by atoms with Gasteiger partial charge in [0.25, 0.3) is 5.91 Å². The largest absolute Gasteiger partial charge is 0.494 e. The standard InChI is InChI=1S/C18H17Cl3IN3O2S/c1-2-27-14-8-6-13(7-9-14)23-17(28)25-16(18(19,20)21)24-15(26)11-4-3-5-12(22)10-11/h3-10,16H,2H2,1H3,(H,24,26)(H2,23,25,28)/t16-/m0/s1. The lowest BCUT2D eigenvalue weighted by Gasteiger charge is -2.27. The van der Waals surface area contributed by atoms with E-state index in [4.69, 9.17) is 51.8 Å². The van der Waals surface area contributed by atoms with E-state index in [9.17, 15) is 4.79 Å². The van der Waals surface area contributed by atoms with Gasteiger partial charge in [0.15, 0.2) is 5.11 Å². The van der Waals surface area contributed by atoms with Crippen molar-refractivity contribution >= 4 is 86.3 Å². The molecule has 0 aromatic heterocycles. The van der Waals surface area contributed by atoms with Crippen molar-refractivity contribution < 1.29 is 9.53 Å². The van der Waals surface area contributed by atoms with Gasteiger partial charge in [-0.25, -0.2) is 0 Å². The summed E-state index contributed by atoms with van der Waals surface area (Å²) in [5, 5.41) is 8.62. The first-order valence-corrected chi connectivity index (χ1v) is 10.7. The highest BCUT2D eigenvalue weighted by Gasteiger charge is 2.34. The van der Waals surface area contributed by atoms with Gasteiger partial charge < -0.3 is 20.7 Å². The highest BCUT2D eigenvalue weighted by Crippen LogP contribution is 2.29. The molecule has 0 saturated carbocycles. The van der Waals surface area contributed by atoms with Crippen LogP contribution in [0.1, 0.15) is 17.3 Å². The lowest BCUT2D eigenvalue weighted by molar-refractivity contribution is 0.0934. The zero-order valence-corrected chi connectivity index (χ0v) is 19.9. The molecule has 0 heterocycles. The minimum Gasteiger partial charge on any atom is -0.494 e. The van der Waals surface area contributed by atoms with Crippen LogP contribution in [0.3, 0.4) is 0 Å². The molecule has 1 atom stereocenters. The maximum Gasteiger partial charge on any atom is 0.253 e. The molecule has 28 heavy (non-hydrogen) atoms. The highest BCUT2D eigenvalue weighted by atomic mass is 127. The predicted molar refractivity (Wildman–Crippen MR) is 128 cm³/mol. The van der Waals surface area contributed by atoms with Crippen LogP contribution in [-0.4, -0.2) is 27.6 Å². The fourth-order valence-electron chi connectivity index (χ4n) is 2.14. The fourth-order valence-corrected chi connectivity index (χ4v) is 3.25. The van der Waals surface area contributed by atoms with Crippen LogP contribution < -0.4 is 20.7 Å². The summed E-state index contributed by atoms with van der Waals surface area (Å²) in [5.41, 5.74) is 1.16. The number of carbonyl (C=O) groups excluding carboxylic acids is 1. The second-order valence-corrected chi connectivity index (χ2v) is 9.54. The van der Waals surface area contributed by atoms with E-state index >= 15 is 0 Å². The Morgan fingerprint density at radius 2 is 1.86 bits per heavy atom. The molecule has 150 valence electrons. The van der Waals surface area contributed by atoms with Crippen molar-refractivity contribution in [2.75, 3.05) is 11.9 Å². The summed E-state index contributed by atoms with van der Waals surface area (Å²) >= 11 is 25.4. The lowest BCUT2D eigenvalue weighted by atomic mass is 10.2. The number of rotatable bonds is 6. The van der Waals surface area contributed by atoms with E-state index in [-0.39, 0.29) is 5.11 Å². The highest BCUT2D eigenvalue weighted by molar-refractivity contribution is 14.1. The van der Waals surface area contributed by atoms with Crippen molar-refractivity contribution in [3.05, 3.63) is 57.7 Å². The van der Waals surface area contributed by atoms with Gasteiger partial charge in [-0.2, -0.15) is 0 Å². The maximum absolute atomic E-state index is 12.5. The van der Waals surface area contributed by atoms with Gasteiger partial charge in [-0.15, -0.1) is 0 Å². The molecule has 0 saturated heterocycles. The number of ether oxygens (including phenoxy) is 1. The molecule has 2 aromatic carbocycles. The Labute approximate surface area is 197 Å². The molecular formula is C18H17Cl3IN3O2S. The summed E-state index contributed by atoms with van der Waals surface area (Å²) in [5.74, 6) is 0.349. The number of nitrogens with one attached hydrogen (secondary N) is 3. The molecule has 0 aliphatic heterocycles. The SMILES string of the molecule is CCOc1ccc(NC(=S)N[C@H](NC(=O)c2cccc(I)c2)C(Cl)(Cl)Cl)cc1. The monoisotopic (exact) mass is 571 g/mol. The molecule has 3 N–H and O–H groups in total. The second kappa shape index (κ2) is 10.7. The zero-order chi connectivity index (χ0) is 20.7. The van der Waals surface area contributed by atoms with Gasteiger partial charge >= 0.3 is 0 Å². The van der Waals surface area contributed by atoms with Crippen molar-refractivity contribution in [2.24, 2.45) is 0 Å². The van der Waals surface area contributed by atoms with E-state index in [1.54, 1.807) is 42.5 Å². The molecule has 2 rings (SSSR count). The van der Waals surface area contributed by atoms with Gasteiger partial charge in [-0.3, -0.25) is 4.79 Å². The molecule has 0 fully saturated rings. The van der Waals surface area contributed by atoms with Crippen LogP contribution in [0.15, 0.2) is 48.5 Å². The molecule has 0 bridgehead atoms. The predicted octanol–water partition coefficient (Wildman–Crippen LogP) is 5.10. The molecule has 0 aliphatic rings. The minimum atomic E-state index is -1.83. The third kappa shape index (κ3) is 7.44. The first-order valence-electron chi connectivity index (χ1n) is 8.12. The molecule has 5 nitrogen and oxygen atoms in total. The Hall–Kier alpha value is -1.000. The Balaban J connectivity index is 2.03. The van der Waals surface area contributed by atoms with Crippen LogP contribution >= 0.6 is 69.6 Å². The molecule has 10 heteroatoms. The second-order valence-electron chi connectivity index (χ2n) is 5.51. The van der Waals surface area contributed by atoms with Gasteiger partial charge in [0, 0.05) is 14.8 Å². The van der Waals surface area contributed by atoms with E-state index in [0.717, 1.165) is 9.32 Å². The molecule has 0 spiro atoms. The Kier molecular flexibility index (Phi) is 8.88. The molecule has 1 amide bonds. The van der Waals surface area contributed by atoms with Crippen LogP contribution in [0.25, 0.3) is 0 Å². The third-order valence-corrected chi connectivity index (χ3v) is 4.93. The van der Waals surface area contributed by atoms with E-state index in [1.165, 1.54) is 0 Å². The normalized spacial score (nSPS) is 12.0. The molecule has 0 unspecified atom stereocenters. The Bertz CT molecular complexity index is 832. The number of alkyl halides is 3. The molecule has 0 radical (unpaired) electrons. The van der Waals surface area contributed by atoms with Gasteiger partial charge in [-0.05, 0) is 84.2 Å². The van der Waals surface area contributed by atoms with Crippen LogP contribution in [0.5, 0.6) is 5.75 Å². The average Bonchev–Trinajstić information content (AvgIpc) is 2.62.